The number of aromatic nitrogens is 2. The fourth-order valence-electron chi connectivity index (χ4n) is 1.68. The second-order valence-corrected chi connectivity index (χ2v) is 4.38. The van der Waals surface area contributed by atoms with Crippen LogP contribution in [0.2, 0.25) is 0 Å². The predicted octanol–water partition coefficient (Wildman–Crippen LogP) is 2.41. The summed E-state index contributed by atoms with van der Waals surface area (Å²) in [5, 5.41) is 7.86. The van der Waals surface area contributed by atoms with Crippen molar-refractivity contribution in [1.29, 1.82) is 0 Å². The Kier molecular flexibility index (Phi) is 2.32. The van der Waals surface area contributed by atoms with Crippen molar-refractivity contribution in [3.63, 3.8) is 0 Å². The van der Waals surface area contributed by atoms with E-state index in [-0.39, 0.29) is 0 Å². The highest BCUT2D eigenvalue weighted by Crippen LogP contribution is 2.29. The van der Waals surface area contributed by atoms with Gasteiger partial charge in [-0.2, -0.15) is 5.10 Å². The van der Waals surface area contributed by atoms with E-state index in [1.165, 1.54) is 6.42 Å². The summed E-state index contributed by atoms with van der Waals surface area (Å²) in [6.45, 7) is 6.37. The number of aryl methyl sites for hydroxylation is 1. The van der Waals surface area contributed by atoms with Crippen LogP contribution in [0.4, 0.5) is 5.82 Å². The molecule has 1 atom stereocenters. The smallest absolute Gasteiger partial charge is 0.138 e. The van der Waals surface area contributed by atoms with Gasteiger partial charge in [-0.15, -0.1) is 0 Å². The maximum absolute atomic E-state index is 4.46. The molecule has 4 heteroatoms. The Morgan fingerprint density at radius 3 is 3.15 bits per heavy atom. The Morgan fingerprint density at radius 1 is 1.69 bits per heavy atom. The number of fused-ring (bicyclic) bond motifs is 1. The third-order valence-electron chi connectivity index (χ3n) is 2.62. The number of hydrogen-bond acceptors (Lipinski definition) is 2. The first kappa shape index (κ1) is 9.06. The van der Waals surface area contributed by atoms with Crippen LogP contribution in [0.1, 0.15) is 19.0 Å². The van der Waals surface area contributed by atoms with E-state index in [0.29, 0.717) is 0 Å². The molecule has 0 bridgehead atoms. The molecule has 0 fully saturated rings. The van der Waals surface area contributed by atoms with Crippen LogP contribution in [0.5, 0.6) is 0 Å². The first-order valence-corrected chi connectivity index (χ1v) is 5.48. The second kappa shape index (κ2) is 3.33. The average molecular weight is 244 g/mol. The van der Waals surface area contributed by atoms with Gasteiger partial charge in [-0.1, -0.05) is 6.92 Å². The van der Waals surface area contributed by atoms with Gasteiger partial charge in [0.25, 0.3) is 0 Å². The quantitative estimate of drug-likeness (QED) is 0.822. The molecular formula is C9H14BrN3. The van der Waals surface area contributed by atoms with Gasteiger partial charge in [0.1, 0.15) is 5.82 Å². The molecule has 13 heavy (non-hydrogen) atoms. The summed E-state index contributed by atoms with van der Waals surface area (Å²) >= 11 is 3.53. The van der Waals surface area contributed by atoms with Gasteiger partial charge in [0.2, 0.25) is 0 Å². The monoisotopic (exact) mass is 243 g/mol. The van der Waals surface area contributed by atoms with E-state index < -0.39 is 0 Å². The zero-order valence-electron chi connectivity index (χ0n) is 7.97. The van der Waals surface area contributed by atoms with Crippen LogP contribution in [0.3, 0.4) is 0 Å². The highest BCUT2D eigenvalue weighted by atomic mass is 79.9. The Labute approximate surface area is 86.6 Å². The third-order valence-corrected chi connectivity index (χ3v) is 3.57. The molecule has 1 unspecified atom stereocenters. The highest BCUT2D eigenvalue weighted by molar-refractivity contribution is 9.10. The molecule has 0 spiro atoms. The van der Waals surface area contributed by atoms with Crippen LogP contribution in [-0.2, 0) is 6.54 Å². The molecule has 3 nitrogen and oxygen atoms in total. The Morgan fingerprint density at radius 2 is 2.46 bits per heavy atom. The topological polar surface area (TPSA) is 29.9 Å². The number of nitrogens with one attached hydrogen (secondary N) is 1. The van der Waals surface area contributed by atoms with Crippen LogP contribution in [-0.4, -0.2) is 16.3 Å². The molecule has 0 aromatic carbocycles. The molecule has 0 saturated heterocycles. The van der Waals surface area contributed by atoms with Crippen molar-refractivity contribution in [1.82, 2.24) is 9.78 Å². The number of nitrogens with zero attached hydrogens (tertiary/aromatic N) is 2. The molecule has 2 rings (SSSR count). The minimum Gasteiger partial charge on any atom is -0.369 e. The van der Waals surface area contributed by atoms with E-state index in [0.717, 1.165) is 35.0 Å². The molecule has 1 N–H and O–H groups in total. The number of rotatable bonds is 1. The standard InChI is InChI=1S/C9H14BrN3/c1-3-7-4-11-9-8(10)6(2)12-13(9)5-7/h7,11H,3-5H2,1-2H3. The summed E-state index contributed by atoms with van der Waals surface area (Å²) in [5.74, 6) is 1.86. The highest BCUT2D eigenvalue weighted by Gasteiger charge is 2.20. The van der Waals surface area contributed by atoms with E-state index in [2.05, 4.69) is 38.0 Å². The van der Waals surface area contributed by atoms with Crippen LogP contribution in [0.15, 0.2) is 4.47 Å². The van der Waals surface area contributed by atoms with Crippen LogP contribution >= 0.6 is 15.9 Å². The van der Waals surface area contributed by atoms with E-state index in [4.69, 9.17) is 0 Å². The number of hydrogen-bond donors (Lipinski definition) is 1. The maximum Gasteiger partial charge on any atom is 0.138 e. The average Bonchev–Trinajstić information content (AvgIpc) is 2.42. The van der Waals surface area contributed by atoms with Crippen molar-refractivity contribution in [2.75, 3.05) is 11.9 Å². The summed E-state index contributed by atoms with van der Waals surface area (Å²) in [7, 11) is 0. The van der Waals surface area contributed by atoms with Crippen molar-refractivity contribution in [3.05, 3.63) is 10.2 Å². The van der Waals surface area contributed by atoms with E-state index in [1.807, 2.05) is 6.92 Å². The fraction of sp³-hybridized carbons (Fsp3) is 0.667. The van der Waals surface area contributed by atoms with Crippen molar-refractivity contribution < 1.29 is 0 Å². The molecule has 0 radical (unpaired) electrons. The van der Waals surface area contributed by atoms with Crippen molar-refractivity contribution in [2.24, 2.45) is 5.92 Å². The summed E-state index contributed by atoms with van der Waals surface area (Å²) in [4.78, 5) is 0. The summed E-state index contributed by atoms with van der Waals surface area (Å²) in [5.41, 5.74) is 1.07. The third kappa shape index (κ3) is 1.47. The first-order valence-electron chi connectivity index (χ1n) is 4.69. The van der Waals surface area contributed by atoms with Gasteiger partial charge in [-0.05, 0) is 35.2 Å². The maximum atomic E-state index is 4.46. The zero-order valence-corrected chi connectivity index (χ0v) is 9.56. The summed E-state index contributed by atoms with van der Waals surface area (Å²) < 4.78 is 3.18. The van der Waals surface area contributed by atoms with Crippen LogP contribution in [0, 0.1) is 12.8 Å². The molecule has 2 heterocycles. The molecule has 72 valence electrons. The van der Waals surface area contributed by atoms with Gasteiger partial charge in [0, 0.05) is 13.1 Å². The first-order chi connectivity index (χ1) is 6.22. The number of halogens is 1. The van der Waals surface area contributed by atoms with Gasteiger partial charge in [0.05, 0.1) is 10.2 Å². The van der Waals surface area contributed by atoms with Crippen LogP contribution in [0.25, 0.3) is 0 Å². The molecule has 1 aliphatic heterocycles. The predicted molar refractivity (Wildman–Crippen MR) is 56.9 cm³/mol. The van der Waals surface area contributed by atoms with Gasteiger partial charge < -0.3 is 5.32 Å². The summed E-state index contributed by atoms with van der Waals surface area (Å²) in [6.07, 6.45) is 1.21. The normalized spacial score (nSPS) is 21.0. The minimum absolute atomic E-state index is 0.721. The van der Waals surface area contributed by atoms with E-state index in [9.17, 15) is 0 Å². The lowest BCUT2D eigenvalue weighted by Gasteiger charge is -2.23. The molecule has 0 saturated carbocycles. The Balaban J connectivity index is 2.31. The fourth-order valence-corrected chi connectivity index (χ4v) is 2.11. The number of anilines is 1. The SMILES string of the molecule is CCC1CNc2c(Br)c(C)nn2C1. The van der Waals surface area contributed by atoms with Crippen molar-refractivity contribution in [2.45, 2.75) is 26.8 Å². The van der Waals surface area contributed by atoms with Crippen molar-refractivity contribution >= 4 is 21.7 Å². The lowest BCUT2D eigenvalue weighted by molar-refractivity contribution is 0.403. The Bertz CT molecular complexity index is 319. The molecule has 1 aromatic heterocycles. The molecule has 0 amide bonds. The lowest BCUT2D eigenvalue weighted by atomic mass is 10.1. The van der Waals surface area contributed by atoms with Gasteiger partial charge in [0.15, 0.2) is 0 Å². The van der Waals surface area contributed by atoms with Gasteiger partial charge >= 0.3 is 0 Å². The second-order valence-electron chi connectivity index (χ2n) is 3.59. The molecule has 1 aromatic rings. The molecular weight excluding hydrogens is 230 g/mol. The van der Waals surface area contributed by atoms with Crippen molar-refractivity contribution in [3.8, 4) is 0 Å². The van der Waals surface area contributed by atoms with E-state index in [1.54, 1.807) is 0 Å². The van der Waals surface area contributed by atoms with Gasteiger partial charge in [-0.3, -0.25) is 0 Å². The van der Waals surface area contributed by atoms with Crippen LogP contribution < -0.4 is 5.32 Å². The molecule has 0 aliphatic carbocycles. The van der Waals surface area contributed by atoms with Gasteiger partial charge in [-0.25, -0.2) is 4.68 Å². The largest absolute Gasteiger partial charge is 0.369 e. The minimum atomic E-state index is 0.721. The van der Waals surface area contributed by atoms with E-state index >= 15 is 0 Å². The summed E-state index contributed by atoms with van der Waals surface area (Å²) in [6, 6.07) is 0. The Hall–Kier alpha value is -0.510. The lowest BCUT2D eigenvalue weighted by Crippen LogP contribution is -2.27. The zero-order chi connectivity index (χ0) is 9.42. The molecule has 1 aliphatic rings.